The fourth-order valence-corrected chi connectivity index (χ4v) is 4.12. The summed E-state index contributed by atoms with van der Waals surface area (Å²) in [5, 5.41) is 11.8. The van der Waals surface area contributed by atoms with Crippen molar-refractivity contribution >= 4 is 40.1 Å². The highest BCUT2D eigenvalue weighted by atomic mass is 35.5. The Kier molecular flexibility index (Phi) is 4.37. The van der Waals surface area contributed by atoms with Crippen LogP contribution in [0.15, 0.2) is 46.6 Å². The highest BCUT2D eigenvalue weighted by Gasteiger charge is 2.25. The molecule has 0 radical (unpaired) electrons. The van der Waals surface area contributed by atoms with E-state index in [1.54, 1.807) is 16.8 Å². The fourth-order valence-electron chi connectivity index (χ4n) is 2.80. The second-order valence-electron chi connectivity index (χ2n) is 5.67. The molecule has 1 amide bonds. The summed E-state index contributed by atoms with van der Waals surface area (Å²) in [6.07, 6.45) is 3.03. The predicted molar refractivity (Wildman–Crippen MR) is 98.8 cm³/mol. The van der Waals surface area contributed by atoms with Crippen molar-refractivity contribution in [3.05, 3.63) is 67.8 Å². The second-order valence-corrected chi connectivity index (χ2v) is 7.06. The molecule has 3 heterocycles. The highest BCUT2D eigenvalue weighted by Crippen LogP contribution is 2.29. The maximum atomic E-state index is 13.7. The van der Waals surface area contributed by atoms with E-state index in [4.69, 9.17) is 11.6 Å². The summed E-state index contributed by atoms with van der Waals surface area (Å²) < 4.78 is 15.2. The van der Waals surface area contributed by atoms with E-state index in [1.165, 1.54) is 24.4 Å². The van der Waals surface area contributed by atoms with Crippen molar-refractivity contribution < 1.29 is 14.3 Å². The second kappa shape index (κ2) is 6.71. The summed E-state index contributed by atoms with van der Waals surface area (Å²) in [7, 11) is 0. The molecule has 1 aliphatic heterocycles. The van der Waals surface area contributed by atoms with E-state index in [0.29, 0.717) is 37.5 Å². The van der Waals surface area contributed by atoms with Crippen LogP contribution < -0.4 is 15.4 Å². The van der Waals surface area contributed by atoms with E-state index >= 15 is 0 Å². The average Bonchev–Trinajstić information content (AvgIpc) is 3.12. The summed E-state index contributed by atoms with van der Waals surface area (Å²) in [5.74, 6) is -1.13. The van der Waals surface area contributed by atoms with Crippen LogP contribution in [0.5, 0.6) is 5.88 Å². The average molecular weight is 403 g/mol. The molecule has 0 fully saturated rings. The Morgan fingerprint density at radius 1 is 1.37 bits per heavy atom. The first-order chi connectivity index (χ1) is 13.0. The maximum Gasteiger partial charge on any atom is 0.279 e. The van der Waals surface area contributed by atoms with Crippen LogP contribution in [0.1, 0.15) is 11.8 Å². The Morgan fingerprint density at radius 3 is 2.93 bits per heavy atom. The minimum Gasteiger partial charge on any atom is -0.493 e. The lowest BCUT2D eigenvalue weighted by Gasteiger charge is -2.02. The molecule has 1 aromatic carbocycles. The molecule has 1 N–H and O–H groups in total. The number of amides is 1. The Hall–Kier alpha value is -2.84. The van der Waals surface area contributed by atoms with E-state index < -0.39 is 11.7 Å². The minimum absolute atomic E-state index is 0.123. The molecule has 3 aromatic rings. The number of carbonyl (C=O) groups excluding carboxylic acids is 1. The van der Waals surface area contributed by atoms with E-state index in [0.717, 1.165) is 11.3 Å². The number of hydrogen-bond acceptors (Lipinski definition) is 5. The van der Waals surface area contributed by atoms with Crippen molar-refractivity contribution in [2.75, 3.05) is 0 Å². The number of carbonyl (C=O) groups is 1. The van der Waals surface area contributed by atoms with Gasteiger partial charge in [-0.05, 0) is 31.2 Å². The summed E-state index contributed by atoms with van der Waals surface area (Å²) in [5.41, 5.74) is 0.650. The molecule has 27 heavy (non-hydrogen) atoms. The lowest BCUT2D eigenvalue weighted by Crippen LogP contribution is -2.23. The molecule has 4 rings (SSSR count). The van der Waals surface area contributed by atoms with Gasteiger partial charge in [-0.25, -0.2) is 14.4 Å². The number of aromatic nitrogens is 2. The zero-order valence-corrected chi connectivity index (χ0v) is 15.6. The molecular formula is C18H12ClFN4O2S. The number of pyridine rings is 1. The minimum atomic E-state index is -0.524. The third-order valence-corrected chi connectivity index (χ3v) is 5.43. The molecule has 0 unspecified atom stereocenters. The van der Waals surface area contributed by atoms with E-state index in [1.807, 2.05) is 6.92 Å². The zero-order chi connectivity index (χ0) is 19.1. The fraction of sp³-hybridized carbons (Fsp3) is 0.111. The van der Waals surface area contributed by atoms with Gasteiger partial charge >= 0.3 is 0 Å². The van der Waals surface area contributed by atoms with Crippen LogP contribution in [0.3, 0.4) is 0 Å². The number of fused-ring (bicyclic) bond motifs is 1. The molecular weight excluding hydrogens is 391 g/mol. The van der Waals surface area contributed by atoms with Gasteiger partial charge in [-0.15, -0.1) is 0 Å². The molecule has 0 spiro atoms. The van der Waals surface area contributed by atoms with Gasteiger partial charge in [-0.1, -0.05) is 22.9 Å². The van der Waals surface area contributed by atoms with Gasteiger partial charge in [0.2, 0.25) is 5.88 Å². The van der Waals surface area contributed by atoms with Crippen molar-refractivity contribution in [2.45, 2.75) is 13.5 Å². The Bertz CT molecular complexity index is 1280. The van der Waals surface area contributed by atoms with Crippen LogP contribution >= 0.6 is 22.9 Å². The van der Waals surface area contributed by atoms with Crippen LogP contribution in [-0.2, 0) is 11.3 Å². The summed E-state index contributed by atoms with van der Waals surface area (Å²) >= 11 is 7.22. The molecule has 1 aliphatic rings. The maximum absolute atomic E-state index is 13.7. The van der Waals surface area contributed by atoms with Crippen LogP contribution in [0, 0.1) is 5.82 Å². The normalized spacial score (nSPS) is 13.8. The number of halogens is 2. The lowest BCUT2D eigenvalue weighted by atomic mass is 10.1. The standard InChI is InChI=1S/C18H12ClFN4O2S/c1-2-24-17(26)15(27-18(24)23-13-5-6-21-8-11(13)19)14-10-7-9(20)3-4-12(10)22-16(14)25/h3-8,26H,2H2,1H3. The first kappa shape index (κ1) is 17.6. The van der Waals surface area contributed by atoms with Crippen LogP contribution in [0.2, 0.25) is 5.02 Å². The number of rotatable bonds is 3. The molecule has 0 atom stereocenters. The van der Waals surface area contributed by atoms with E-state index in [2.05, 4.69) is 15.0 Å². The number of nitrogens with zero attached hydrogens (tertiary/aromatic N) is 4. The van der Waals surface area contributed by atoms with Crippen molar-refractivity contribution in [1.82, 2.24) is 9.55 Å². The van der Waals surface area contributed by atoms with Crippen LogP contribution in [-0.4, -0.2) is 20.6 Å². The third-order valence-electron chi connectivity index (χ3n) is 4.06. The van der Waals surface area contributed by atoms with Gasteiger partial charge < -0.3 is 5.11 Å². The topological polar surface area (TPSA) is 79.8 Å². The Morgan fingerprint density at radius 2 is 2.19 bits per heavy atom. The summed E-state index contributed by atoms with van der Waals surface area (Å²) in [6.45, 7) is 2.25. The smallest absolute Gasteiger partial charge is 0.279 e. The van der Waals surface area contributed by atoms with Crippen LogP contribution in [0.4, 0.5) is 10.1 Å². The number of thiazole rings is 1. The molecule has 0 saturated heterocycles. The molecule has 2 aromatic heterocycles. The van der Waals surface area contributed by atoms with E-state index in [-0.39, 0.29) is 11.5 Å². The van der Waals surface area contributed by atoms with Crippen LogP contribution in [0.25, 0.3) is 5.57 Å². The quantitative estimate of drug-likeness (QED) is 0.728. The summed E-state index contributed by atoms with van der Waals surface area (Å²) in [6, 6.07) is 5.57. The predicted octanol–water partition coefficient (Wildman–Crippen LogP) is 2.05. The van der Waals surface area contributed by atoms with Gasteiger partial charge in [-0.3, -0.25) is 14.3 Å². The van der Waals surface area contributed by atoms with Gasteiger partial charge in [0.05, 0.1) is 21.6 Å². The first-order valence-corrected chi connectivity index (χ1v) is 9.19. The van der Waals surface area contributed by atoms with Crippen molar-refractivity contribution in [3.63, 3.8) is 0 Å². The van der Waals surface area contributed by atoms with Crippen molar-refractivity contribution in [1.29, 1.82) is 0 Å². The highest BCUT2D eigenvalue weighted by molar-refractivity contribution is 7.11. The monoisotopic (exact) mass is 402 g/mol. The zero-order valence-electron chi connectivity index (χ0n) is 14.0. The van der Waals surface area contributed by atoms with Crippen molar-refractivity contribution in [2.24, 2.45) is 9.98 Å². The SMILES string of the molecule is CCn1c(O)c(C2=c3cc(F)ccc3=NC2=O)sc1=Nc1ccncc1Cl. The molecule has 6 nitrogen and oxygen atoms in total. The number of benzene rings is 1. The Labute approximate surface area is 161 Å². The van der Waals surface area contributed by atoms with E-state index in [9.17, 15) is 14.3 Å². The number of hydrogen-bond donors (Lipinski definition) is 1. The van der Waals surface area contributed by atoms with Crippen molar-refractivity contribution in [3.8, 4) is 5.88 Å². The molecule has 9 heteroatoms. The van der Waals surface area contributed by atoms with Gasteiger partial charge in [0.15, 0.2) is 4.80 Å². The molecule has 0 bridgehead atoms. The Balaban J connectivity index is 2.01. The molecule has 0 aliphatic carbocycles. The number of aromatic hydroxyl groups is 1. The molecule has 0 saturated carbocycles. The van der Waals surface area contributed by atoms with Gasteiger partial charge in [0.25, 0.3) is 5.91 Å². The first-order valence-electron chi connectivity index (χ1n) is 7.99. The van der Waals surface area contributed by atoms with Gasteiger partial charge in [0.1, 0.15) is 10.7 Å². The van der Waals surface area contributed by atoms with Gasteiger partial charge in [-0.2, -0.15) is 0 Å². The van der Waals surface area contributed by atoms with Gasteiger partial charge in [0, 0.05) is 24.2 Å². The largest absolute Gasteiger partial charge is 0.493 e. The lowest BCUT2D eigenvalue weighted by molar-refractivity contribution is -0.112. The molecule has 136 valence electrons. The third kappa shape index (κ3) is 2.96. The summed E-state index contributed by atoms with van der Waals surface area (Å²) in [4.78, 5) is 25.5.